The maximum Gasteiger partial charge on any atom is 0.225 e. The summed E-state index contributed by atoms with van der Waals surface area (Å²) in [7, 11) is 0. The van der Waals surface area contributed by atoms with Gasteiger partial charge in [0.2, 0.25) is 5.91 Å². The van der Waals surface area contributed by atoms with Crippen LogP contribution in [-0.2, 0) is 4.79 Å². The van der Waals surface area contributed by atoms with Crippen LogP contribution < -0.4 is 0 Å². The second-order valence-corrected chi connectivity index (χ2v) is 7.73. The lowest BCUT2D eigenvalue weighted by atomic mass is 9.87. The minimum Gasteiger partial charge on any atom is -0.342 e. The van der Waals surface area contributed by atoms with E-state index in [9.17, 15) is 4.79 Å². The van der Waals surface area contributed by atoms with Crippen molar-refractivity contribution in [3.8, 4) is 0 Å². The van der Waals surface area contributed by atoms with E-state index in [1.54, 1.807) is 0 Å². The van der Waals surface area contributed by atoms with Crippen LogP contribution in [-0.4, -0.2) is 23.9 Å². The third-order valence-corrected chi connectivity index (χ3v) is 5.93. The number of fused-ring (bicyclic) bond motifs is 2. The molecule has 2 saturated carbocycles. The molecular formula is C20H37NO. The fourth-order valence-electron chi connectivity index (χ4n) is 4.57. The van der Waals surface area contributed by atoms with Crippen molar-refractivity contribution >= 4 is 5.91 Å². The standard InChI is InChI=1S/C20H37NO/c1-3-5-7-9-13-21(14-10-8-6-4-2)20(22)19-16-17-11-12-18(19)15-17/h17-19H,3-16H2,1-2H3. The van der Waals surface area contributed by atoms with Crippen molar-refractivity contribution in [2.24, 2.45) is 17.8 Å². The fourth-order valence-corrected chi connectivity index (χ4v) is 4.57. The maximum absolute atomic E-state index is 13.0. The summed E-state index contributed by atoms with van der Waals surface area (Å²) >= 11 is 0. The van der Waals surface area contributed by atoms with Gasteiger partial charge in [-0.1, -0.05) is 58.8 Å². The van der Waals surface area contributed by atoms with Crippen molar-refractivity contribution in [2.45, 2.75) is 90.9 Å². The molecule has 3 atom stereocenters. The summed E-state index contributed by atoms with van der Waals surface area (Å²) < 4.78 is 0. The van der Waals surface area contributed by atoms with E-state index in [0.717, 1.165) is 24.9 Å². The number of nitrogens with zero attached hydrogens (tertiary/aromatic N) is 1. The molecule has 2 rings (SSSR count). The first-order valence-corrected chi connectivity index (χ1v) is 10.0. The van der Waals surface area contributed by atoms with Gasteiger partial charge in [0.15, 0.2) is 0 Å². The zero-order valence-corrected chi connectivity index (χ0v) is 15.0. The van der Waals surface area contributed by atoms with Gasteiger partial charge in [-0.3, -0.25) is 4.79 Å². The minimum atomic E-state index is 0.385. The molecule has 3 unspecified atom stereocenters. The summed E-state index contributed by atoms with van der Waals surface area (Å²) in [6.07, 6.45) is 15.4. The predicted octanol–water partition coefficient (Wildman–Crippen LogP) is 5.41. The average Bonchev–Trinajstić information content (AvgIpc) is 3.16. The Labute approximate surface area is 138 Å². The van der Waals surface area contributed by atoms with Gasteiger partial charge in [-0.25, -0.2) is 0 Å². The summed E-state index contributed by atoms with van der Waals surface area (Å²) in [5.74, 6) is 2.50. The first kappa shape index (κ1) is 17.8. The zero-order chi connectivity index (χ0) is 15.8. The summed E-state index contributed by atoms with van der Waals surface area (Å²) in [6.45, 7) is 6.53. The van der Waals surface area contributed by atoms with Crippen LogP contribution in [0.2, 0.25) is 0 Å². The Morgan fingerprint density at radius 2 is 1.50 bits per heavy atom. The Morgan fingerprint density at radius 3 is 1.95 bits per heavy atom. The molecule has 2 heteroatoms. The van der Waals surface area contributed by atoms with Gasteiger partial charge in [-0.15, -0.1) is 0 Å². The molecule has 2 nitrogen and oxygen atoms in total. The first-order valence-electron chi connectivity index (χ1n) is 10.0. The molecule has 0 N–H and O–H groups in total. The SMILES string of the molecule is CCCCCCN(CCCCCC)C(=O)C1CC2CCC1C2. The highest BCUT2D eigenvalue weighted by Gasteiger charge is 2.44. The van der Waals surface area contributed by atoms with Crippen LogP contribution in [0.3, 0.4) is 0 Å². The second kappa shape index (κ2) is 9.57. The second-order valence-electron chi connectivity index (χ2n) is 7.73. The number of carbonyl (C=O) groups is 1. The third kappa shape index (κ3) is 4.99. The molecule has 0 saturated heterocycles. The number of carbonyl (C=O) groups excluding carboxylic acids is 1. The minimum absolute atomic E-state index is 0.385. The average molecular weight is 308 g/mol. The smallest absolute Gasteiger partial charge is 0.225 e. The van der Waals surface area contributed by atoms with Crippen molar-refractivity contribution in [1.29, 1.82) is 0 Å². The van der Waals surface area contributed by atoms with Crippen molar-refractivity contribution in [1.82, 2.24) is 4.90 Å². The number of unbranched alkanes of at least 4 members (excludes halogenated alkanes) is 6. The summed E-state index contributed by atoms with van der Waals surface area (Å²) in [5, 5.41) is 0. The summed E-state index contributed by atoms with van der Waals surface area (Å²) in [5.41, 5.74) is 0. The van der Waals surface area contributed by atoms with E-state index in [0.29, 0.717) is 11.8 Å². The maximum atomic E-state index is 13.0. The lowest BCUT2D eigenvalue weighted by Gasteiger charge is -2.29. The zero-order valence-electron chi connectivity index (χ0n) is 15.0. The molecule has 0 aromatic rings. The highest BCUT2D eigenvalue weighted by Crippen LogP contribution is 2.48. The van der Waals surface area contributed by atoms with Crippen LogP contribution in [0, 0.1) is 17.8 Å². The van der Waals surface area contributed by atoms with Gasteiger partial charge in [-0.05, 0) is 43.9 Å². The molecule has 2 aliphatic rings. The molecule has 0 aliphatic heterocycles. The largest absolute Gasteiger partial charge is 0.342 e. The molecule has 128 valence electrons. The molecule has 0 radical (unpaired) electrons. The summed E-state index contributed by atoms with van der Waals surface area (Å²) in [4.78, 5) is 15.2. The fraction of sp³-hybridized carbons (Fsp3) is 0.950. The predicted molar refractivity (Wildman–Crippen MR) is 93.8 cm³/mol. The van der Waals surface area contributed by atoms with Crippen molar-refractivity contribution < 1.29 is 4.79 Å². The van der Waals surface area contributed by atoms with Crippen LogP contribution in [0.4, 0.5) is 0 Å². The Kier molecular flexibility index (Phi) is 7.75. The highest BCUT2D eigenvalue weighted by molar-refractivity contribution is 5.79. The van der Waals surface area contributed by atoms with Crippen molar-refractivity contribution in [3.63, 3.8) is 0 Å². The Bertz CT molecular complexity index is 316. The molecule has 0 heterocycles. The molecular weight excluding hydrogens is 270 g/mol. The van der Waals surface area contributed by atoms with Crippen molar-refractivity contribution in [3.05, 3.63) is 0 Å². The van der Waals surface area contributed by atoms with Crippen LogP contribution in [0.1, 0.15) is 90.9 Å². The Balaban J connectivity index is 1.80. The number of rotatable bonds is 11. The van der Waals surface area contributed by atoms with Crippen molar-refractivity contribution in [2.75, 3.05) is 13.1 Å². The topological polar surface area (TPSA) is 20.3 Å². The normalized spacial score (nSPS) is 26.5. The molecule has 1 amide bonds. The van der Waals surface area contributed by atoms with Gasteiger partial charge >= 0.3 is 0 Å². The van der Waals surface area contributed by atoms with E-state index in [2.05, 4.69) is 18.7 Å². The van der Waals surface area contributed by atoms with Gasteiger partial charge in [0, 0.05) is 19.0 Å². The third-order valence-electron chi connectivity index (χ3n) is 5.93. The van der Waals surface area contributed by atoms with E-state index < -0.39 is 0 Å². The van der Waals surface area contributed by atoms with E-state index in [1.807, 2.05) is 0 Å². The molecule has 22 heavy (non-hydrogen) atoms. The quantitative estimate of drug-likeness (QED) is 0.467. The Hall–Kier alpha value is -0.530. The van der Waals surface area contributed by atoms with Crippen LogP contribution in [0.15, 0.2) is 0 Å². The lowest BCUT2D eigenvalue weighted by molar-refractivity contribution is -0.137. The van der Waals surface area contributed by atoms with Crippen LogP contribution >= 0.6 is 0 Å². The lowest BCUT2D eigenvalue weighted by Crippen LogP contribution is -2.39. The van der Waals surface area contributed by atoms with E-state index >= 15 is 0 Å². The molecule has 2 bridgehead atoms. The molecule has 0 aromatic carbocycles. The van der Waals surface area contributed by atoms with Gasteiger partial charge in [0.1, 0.15) is 0 Å². The van der Waals surface area contributed by atoms with Gasteiger partial charge in [-0.2, -0.15) is 0 Å². The number of hydrogen-bond acceptors (Lipinski definition) is 1. The molecule has 2 aliphatic carbocycles. The van der Waals surface area contributed by atoms with E-state index in [4.69, 9.17) is 0 Å². The number of amides is 1. The Morgan fingerprint density at radius 1 is 0.864 bits per heavy atom. The monoisotopic (exact) mass is 307 g/mol. The summed E-state index contributed by atoms with van der Waals surface area (Å²) in [6, 6.07) is 0. The number of hydrogen-bond donors (Lipinski definition) is 0. The van der Waals surface area contributed by atoms with Crippen LogP contribution in [0.25, 0.3) is 0 Å². The van der Waals surface area contributed by atoms with Gasteiger partial charge in [0.25, 0.3) is 0 Å². The van der Waals surface area contributed by atoms with Gasteiger partial charge in [0.05, 0.1) is 0 Å². The van der Waals surface area contributed by atoms with E-state index in [-0.39, 0.29) is 0 Å². The molecule has 0 aromatic heterocycles. The molecule has 2 fully saturated rings. The first-order chi connectivity index (χ1) is 10.8. The van der Waals surface area contributed by atoms with Gasteiger partial charge < -0.3 is 4.90 Å². The molecule has 0 spiro atoms. The highest BCUT2D eigenvalue weighted by atomic mass is 16.2. The van der Waals surface area contributed by atoms with E-state index in [1.165, 1.54) is 77.0 Å². The van der Waals surface area contributed by atoms with Crippen LogP contribution in [0.5, 0.6) is 0 Å².